The Bertz CT molecular complexity index is 1510. The van der Waals surface area contributed by atoms with Gasteiger partial charge in [0.25, 0.3) is 0 Å². The smallest absolute Gasteiger partial charge is 0.159 e. The van der Waals surface area contributed by atoms with Gasteiger partial charge in [0.15, 0.2) is 5.65 Å². The molecule has 0 amide bonds. The number of aliphatic hydroxyl groups excluding tert-OH is 1. The second-order valence-corrected chi connectivity index (χ2v) is 9.03. The van der Waals surface area contributed by atoms with E-state index in [0.717, 1.165) is 44.5 Å². The fraction of sp³-hybridized carbons (Fsp3) is 0.296. The van der Waals surface area contributed by atoms with Crippen molar-refractivity contribution in [3.8, 4) is 33.9 Å². The third kappa shape index (κ3) is 4.62. The van der Waals surface area contributed by atoms with Crippen LogP contribution < -0.4 is 14.8 Å². The van der Waals surface area contributed by atoms with Crippen LogP contribution in [0.1, 0.15) is 19.9 Å². The molecule has 186 valence electrons. The summed E-state index contributed by atoms with van der Waals surface area (Å²) in [5.41, 5.74) is 5.20. The van der Waals surface area contributed by atoms with Gasteiger partial charge in [-0.25, -0.2) is 14.6 Å². The van der Waals surface area contributed by atoms with E-state index < -0.39 is 6.10 Å². The van der Waals surface area contributed by atoms with Crippen molar-refractivity contribution < 1.29 is 14.6 Å². The highest BCUT2D eigenvalue weighted by Crippen LogP contribution is 2.36. The summed E-state index contributed by atoms with van der Waals surface area (Å²) >= 11 is 0. The van der Waals surface area contributed by atoms with Crippen molar-refractivity contribution in [2.24, 2.45) is 0 Å². The first-order valence-corrected chi connectivity index (χ1v) is 11.9. The first kappa shape index (κ1) is 23.8. The third-order valence-electron chi connectivity index (χ3n) is 6.06. The molecule has 0 saturated heterocycles. The Kier molecular flexibility index (Phi) is 6.58. The zero-order valence-electron chi connectivity index (χ0n) is 20.8. The van der Waals surface area contributed by atoms with Crippen LogP contribution in [0.4, 0.5) is 0 Å². The molecule has 9 nitrogen and oxygen atoms in total. The molecule has 0 bridgehead atoms. The Labute approximate surface area is 209 Å². The molecule has 1 unspecified atom stereocenters. The van der Waals surface area contributed by atoms with Gasteiger partial charge < -0.3 is 24.9 Å². The van der Waals surface area contributed by atoms with Crippen LogP contribution in [0.2, 0.25) is 0 Å². The molecule has 36 heavy (non-hydrogen) atoms. The minimum absolute atomic E-state index is 0.140. The molecule has 3 N–H and O–H groups in total. The van der Waals surface area contributed by atoms with Crippen molar-refractivity contribution in [3.63, 3.8) is 0 Å². The van der Waals surface area contributed by atoms with Crippen LogP contribution in [0, 0.1) is 0 Å². The Balaban J connectivity index is 1.65. The summed E-state index contributed by atoms with van der Waals surface area (Å²) < 4.78 is 13.4. The van der Waals surface area contributed by atoms with Crippen LogP contribution in [0.5, 0.6) is 11.5 Å². The molecule has 0 saturated carbocycles. The molecular formula is C27H30N6O3. The average molecular weight is 487 g/mol. The monoisotopic (exact) mass is 486 g/mol. The van der Waals surface area contributed by atoms with Gasteiger partial charge in [0.2, 0.25) is 0 Å². The maximum absolute atomic E-state index is 10.1. The van der Waals surface area contributed by atoms with Gasteiger partial charge >= 0.3 is 0 Å². The number of ether oxygens (including phenoxy) is 2. The quantitative estimate of drug-likeness (QED) is 0.287. The second kappa shape index (κ2) is 9.96. The van der Waals surface area contributed by atoms with E-state index in [-0.39, 0.29) is 12.6 Å². The normalized spacial score (nSPS) is 12.5. The lowest BCUT2D eigenvalue weighted by Gasteiger charge is -2.15. The van der Waals surface area contributed by atoms with Gasteiger partial charge in [-0.05, 0) is 56.8 Å². The number of hydrogen-bond acceptors (Lipinski definition) is 7. The second-order valence-electron chi connectivity index (χ2n) is 9.03. The molecule has 5 aromatic rings. The number of nitrogens with zero attached hydrogens (tertiary/aromatic N) is 4. The fourth-order valence-electron chi connectivity index (χ4n) is 4.28. The molecule has 5 rings (SSSR count). The molecule has 9 heteroatoms. The van der Waals surface area contributed by atoms with Crippen LogP contribution >= 0.6 is 0 Å². The third-order valence-corrected chi connectivity index (χ3v) is 6.06. The van der Waals surface area contributed by atoms with Crippen LogP contribution in [0.15, 0.2) is 55.0 Å². The predicted octanol–water partition coefficient (Wildman–Crippen LogP) is 4.19. The molecule has 1 aromatic carbocycles. The molecule has 0 spiro atoms. The maximum Gasteiger partial charge on any atom is 0.159 e. The van der Waals surface area contributed by atoms with Crippen molar-refractivity contribution in [2.75, 3.05) is 27.3 Å². The van der Waals surface area contributed by atoms with Gasteiger partial charge in [-0.1, -0.05) is 0 Å². The van der Waals surface area contributed by atoms with Crippen molar-refractivity contribution >= 4 is 22.1 Å². The highest BCUT2D eigenvalue weighted by molar-refractivity contribution is 5.96. The van der Waals surface area contributed by atoms with Crippen molar-refractivity contribution in [2.45, 2.75) is 26.0 Å². The average Bonchev–Trinajstić information content (AvgIpc) is 3.53. The summed E-state index contributed by atoms with van der Waals surface area (Å²) in [6.45, 7) is 4.77. The van der Waals surface area contributed by atoms with Crippen LogP contribution in [-0.4, -0.2) is 63.3 Å². The standard InChI is InChI=1S/C27H30N6O3/c1-16(2)33-27-24(14-31-33)23(19-7-17-5-6-29-26(17)30-12-19)11-25(32-27)18-8-21(35-4)10-22(9-18)36-15-20(34)13-28-3/h5-12,14,16,20,28,34H,13,15H2,1-4H3,(H,29,30). The number of H-pyrrole nitrogens is 1. The van der Waals surface area contributed by atoms with E-state index in [1.807, 2.05) is 41.5 Å². The highest BCUT2D eigenvalue weighted by Gasteiger charge is 2.17. The van der Waals surface area contributed by atoms with Crippen molar-refractivity contribution in [1.29, 1.82) is 0 Å². The molecular weight excluding hydrogens is 456 g/mol. The van der Waals surface area contributed by atoms with Gasteiger partial charge in [0.1, 0.15) is 29.9 Å². The highest BCUT2D eigenvalue weighted by atomic mass is 16.5. The molecule has 0 fully saturated rings. The Hall–Kier alpha value is -3.95. The molecule has 0 radical (unpaired) electrons. The summed E-state index contributed by atoms with van der Waals surface area (Å²) in [5, 5.41) is 19.6. The number of fused-ring (bicyclic) bond motifs is 2. The Morgan fingerprint density at radius 3 is 2.69 bits per heavy atom. The topological polar surface area (TPSA) is 110 Å². The van der Waals surface area contributed by atoms with Gasteiger partial charge in [-0.3, -0.25) is 0 Å². The Morgan fingerprint density at radius 1 is 1.08 bits per heavy atom. The first-order valence-electron chi connectivity index (χ1n) is 11.9. The number of hydrogen-bond donors (Lipinski definition) is 3. The number of aromatic nitrogens is 5. The van der Waals surface area contributed by atoms with Crippen molar-refractivity contribution in [3.05, 3.63) is 55.0 Å². The largest absolute Gasteiger partial charge is 0.497 e. The number of benzene rings is 1. The zero-order chi connectivity index (χ0) is 25.2. The SMILES string of the molecule is CNCC(O)COc1cc(OC)cc(-c2cc(-c3cnc4[nH]ccc4c3)c3cnn(C(C)C)c3n2)c1. The summed E-state index contributed by atoms with van der Waals surface area (Å²) in [6.07, 6.45) is 5.00. The first-order chi connectivity index (χ1) is 17.5. The van der Waals surface area contributed by atoms with Crippen LogP contribution in [0.25, 0.3) is 44.5 Å². The van der Waals surface area contributed by atoms with Crippen molar-refractivity contribution in [1.82, 2.24) is 30.0 Å². The van der Waals surface area contributed by atoms with Gasteiger partial charge in [-0.2, -0.15) is 5.10 Å². The molecule has 0 aliphatic heterocycles. The van der Waals surface area contributed by atoms with E-state index in [4.69, 9.17) is 14.5 Å². The summed E-state index contributed by atoms with van der Waals surface area (Å²) in [4.78, 5) is 12.8. The number of pyridine rings is 2. The lowest BCUT2D eigenvalue weighted by molar-refractivity contribution is 0.108. The Morgan fingerprint density at radius 2 is 1.92 bits per heavy atom. The fourth-order valence-corrected chi connectivity index (χ4v) is 4.28. The number of nitrogens with one attached hydrogen (secondary N) is 2. The van der Waals surface area contributed by atoms with Crippen LogP contribution in [0.3, 0.4) is 0 Å². The number of rotatable bonds is 9. The maximum atomic E-state index is 10.1. The van der Waals surface area contributed by atoms with Gasteiger partial charge in [0, 0.05) is 52.9 Å². The summed E-state index contributed by atoms with van der Waals surface area (Å²) in [6, 6.07) is 12.0. The predicted molar refractivity (Wildman–Crippen MR) is 140 cm³/mol. The number of likely N-dealkylation sites (N-methyl/N-ethyl adjacent to an activating group) is 1. The molecule has 1 atom stereocenters. The lowest BCUT2D eigenvalue weighted by Crippen LogP contribution is -2.29. The summed E-state index contributed by atoms with van der Waals surface area (Å²) in [5.74, 6) is 1.23. The molecule has 4 heterocycles. The molecule has 0 aliphatic carbocycles. The molecule has 0 aliphatic rings. The minimum atomic E-state index is -0.623. The van der Waals surface area contributed by atoms with E-state index in [2.05, 4.69) is 46.4 Å². The van der Waals surface area contributed by atoms with Gasteiger partial charge in [-0.15, -0.1) is 0 Å². The van der Waals surface area contributed by atoms with E-state index >= 15 is 0 Å². The van der Waals surface area contributed by atoms with E-state index in [9.17, 15) is 5.11 Å². The van der Waals surface area contributed by atoms with E-state index in [1.54, 1.807) is 20.2 Å². The van der Waals surface area contributed by atoms with E-state index in [1.165, 1.54) is 0 Å². The number of methoxy groups -OCH3 is 1. The van der Waals surface area contributed by atoms with Gasteiger partial charge in [0.05, 0.1) is 19.0 Å². The number of aromatic amines is 1. The van der Waals surface area contributed by atoms with E-state index in [0.29, 0.717) is 18.0 Å². The lowest BCUT2D eigenvalue weighted by atomic mass is 10.0. The van der Waals surface area contributed by atoms with Crippen LogP contribution in [-0.2, 0) is 0 Å². The zero-order valence-corrected chi connectivity index (χ0v) is 20.8. The molecule has 4 aromatic heterocycles. The minimum Gasteiger partial charge on any atom is -0.497 e. The number of aliphatic hydroxyl groups is 1. The summed E-state index contributed by atoms with van der Waals surface area (Å²) in [7, 11) is 3.41.